The minimum Gasteiger partial charge on any atom is -0.493 e. The lowest BCUT2D eigenvalue weighted by atomic mass is 9.85. The zero-order valence-corrected chi connectivity index (χ0v) is 10.8. The van der Waals surface area contributed by atoms with Crippen LogP contribution in [0.3, 0.4) is 0 Å². The summed E-state index contributed by atoms with van der Waals surface area (Å²) in [6.45, 7) is 1.98. The van der Waals surface area contributed by atoms with E-state index in [1.807, 2.05) is 31.2 Å². The predicted octanol–water partition coefficient (Wildman–Crippen LogP) is 2.72. The zero-order chi connectivity index (χ0) is 13.4. The average molecular weight is 256 g/mol. The molecule has 0 spiro atoms. The van der Waals surface area contributed by atoms with Crippen molar-refractivity contribution >= 4 is 0 Å². The van der Waals surface area contributed by atoms with Gasteiger partial charge in [-0.2, -0.15) is 4.98 Å². The molecule has 0 atom stereocenters. The second kappa shape index (κ2) is 4.53. The number of aryl methyl sites for hydroxylation is 1. The number of benzene rings is 1. The number of rotatable bonds is 2. The van der Waals surface area contributed by atoms with Crippen molar-refractivity contribution in [2.24, 2.45) is 0 Å². The maximum Gasteiger partial charge on any atom is 0.262 e. The Labute approximate surface area is 111 Å². The Balaban J connectivity index is 2.06. The third-order valence-corrected chi connectivity index (χ3v) is 3.75. The molecule has 0 aliphatic heterocycles. The first-order chi connectivity index (χ1) is 9.15. The summed E-state index contributed by atoms with van der Waals surface area (Å²) in [5, 5.41) is 10.0. The van der Waals surface area contributed by atoms with E-state index >= 15 is 0 Å². The zero-order valence-electron chi connectivity index (χ0n) is 10.8. The summed E-state index contributed by atoms with van der Waals surface area (Å²) in [6.07, 6.45) is 3.23. The van der Waals surface area contributed by atoms with Crippen molar-refractivity contribution in [1.29, 1.82) is 0 Å². The molecule has 1 heterocycles. The third-order valence-electron chi connectivity index (χ3n) is 3.75. The van der Waals surface area contributed by atoms with E-state index in [4.69, 9.17) is 0 Å². The number of nitrogens with zero attached hydrogens (tertiary/aromatic N) is 1. The van der Waals surface area contributed by atoms with Gasteiger partial charge in [-0.05, 0) is 25.3 Å². The maximum atomic E-state index is 12.1. The topological polar surface area (TPSA) is 66.0 Å². The van der Waals surface area contributed by atoms with Crippen molar-refractivity contribution in [1.82, 2.24) is 9.97 Å². The van der Waals surface area contributed by atoms with Gasteiger partial charge in [0.1, 0.15) is 11.4 Å². The number of aromatic hydroxyl groups is 1. The van der Waals surface area contributed by atoms with Crippen LogP contribution in [0.4, 0.5) is 0 Å². The molecule has 0 amide bonds. The summed E-state index contributed by atoms with van der Waals surface area (Å²) in [5.41, 5.74) is 1.79. The number of hydrogen-bond acceptors (Lipinski definition) is 3. The Kier molecular flexibility index (Phi) is 2.85. The third kappa shape index (κ3) is 2.14. The minimum absolute atomic E-state index is 0.172. The van der Waals surface area contributed by atoms with Gasteiger partial charge in [0.2, 0.25) is 5.88 Å². The van der Waals surface area contributed by atoms with Crippen molar-refractivity contribution < 1.29 is 5.11 Å². The highest BCUT2D eigenvalue weighted by Gasteiger charge is 2.24. The minimum atomic E-state index is -0.266. The normalized spacial score (nSPS) is 15.2. The maximum absolute atomic E-state index is 12.1. The monoisotopic (exact) mass is 256 g/mol. The Morgan fingerprint density at radius 1 is 1.26 bits per heavy atom. The molecule has 3 rings (SSSR count). The Morgan fingerprint density at radius 2 is 1.95 bits per heavy atom. The predicted molar refractivity (Wildman–Crippen MR) is 73.3 cm³/mol. The van der Waals surface area contributed by atoms with E-state index in [9.17, 15) is 9.90 Å². The quantitative estimate of drug-likeness (QED) is 0.868. The van der Waals surface area contributed by atoms with Crippen LogP contribution in [0.2, 0.25) is 0 Å². The fraction of sp³-hybridized carbons (Fsp3) is 0.333. The fourth-order valence-corrected chi connectivity index (χ4v) is 2.33. The molecule has 4 nitrogen and oxygen atoms in total. The molecule has 1 fully saturated rings. The molecular formula is C15H16N2O2. The van der Waals surface area contributed by atoms with E-state index in [2.05, 4.69) is 9.97 Å². The molecule has 19 heavy (non-hydrogen) atoms. The molecule has 0 saturated heterocycles. The molecular weight excluding hydrogens is 240 g/mol. The molecule has 0 radical (unpaired) electrons. The summed E-state index contributed by atoms with van der Waals surface area (Å²) in [4.78, 5) is 19.1. The molecule has 98 valence electrons. The Bertz CT molecular complexity index is 655. The van der Waals surface area contributed by atoms with Gasteiger partial charge in [0.25, 0.3) is 5.56 Å². The van der Waals surface area contributed by atoms with Crippen LogP contribution in [0.1, 0.15) is 36.6 Å². The summed E-state index contributed by atoms with van der Waals surface area (Å²) < 4.78 is 0. The van der Waals surface area contributed by atoms with E-state index in [-0.39, 0.29) is 17.0 Å². The van der Waals surface area contributed by atoms with E-state index in [1.165, 1.54) is 0 Å². The van der Waals surface area contributed by atoms with Crippen LogP contribution >= 0.6 is 0 Å². The van der Waals surface area contributed by atoms with Crippen molar-refractivity contribution in [2.75, 3.05) is 0 Å². The largest absolute Gasteiger partial charge is 0.493 e. The van der Waals surface area contributed by atoms with Crippen LogP contribution in [0.15, 0.2) is 29.1 Å². The fourth-order valence-electron chi connectivity index (χ4n) is 2.33. The van der Waals surface area contributed by atoms with Gasteiger partial charge in [0.05, 0.1) is 0 Å². The van der Waals surface area contributed by atoms with Gasteiger partial charge in [0.15, 0.2) is 0 Å². The molecule has 4 heteroatoms. The average Bonchev–Trinajstić information content (AvgIpc) is 2.28. The number of aromatic nitrogens is 2. The smallest absolute Gasteiger partial charge is 0.262 e. The molecule has 0 unspecified atom stereocenters. The highest BCUT2D eigenvalue weighted by Crippen LogP contribution is 2.35. The molecule has 1 aliphatic carbocycles. The van der Waals surface area contributed by atoms with E-state index in [1.54, 1.807) is 0 Å². The summed E-state index contributed by atoms with van der Waals surface area (Å²) in [5.74, 6) is 0.741. The van der Waals surface area contributed by atoms with Gasteiger partial charge in [-0.1, -0.05) is 36.2 Å². The molecule has 2 aromatic rings. The number of H-pyrrole nitrogens is 1. The van der Waals surface area contributed by atoms with E-state index in [0.717, 1.165) is 24.8 Å². The van der Waals surface area contributed by atoms with Crippen LogP contribution in [-0.4, -0.2) is 15.1 Å². The summed E-state index contributed by atoms with van der Waals surface area (Å²) >= 11 is 0. The van der Waals surface area contributed by atoms with Gasteiger partial charge in [0, 0.05) is 5.92 Å². The SMILES string of the molecule is Cc1ccc(-c2c(O)nc(C3CCC3)[nH]c2=O)cc1. The lowest BCUT2D eigenvalue weighted by Gasteiger charge is -2.24. The number of aromatic amines is 1. The van der Waals surface area contributed by atoms with Crippen molar-refractivity contribution in [3.05, 3.63) is 46.0 Å². The van der Waals surface area contributed by atoms with Crippen LogP contribution < -0.4 is 5.56 Å². The second-order valence-corrected chi connectivity index (χ2v) is 5.14. The summed E-state index contributed by atoms with van der Waals surface area (Å²) in [7, 11) is 0. The van der Waals surface area contributed by atoms with Crippen LogP contribution in [0.25, 0.3) is 11.1 Å². The lowest BCUT2D eigenvalue weighted by molar-refractivity contribution is 0.387. The number of hydrogen-bond donors (Lipinski definition) is 2. The van der Waals surface area contributed by atoms with Crippen LogP contribution in [0.5, 0.6) is 5.88 Å². The molecule has 1 aliphatic rings. The van der Waals surface area contributed by atoms with Gasteiger partial charge < -0.3 is 10.1 Å². The second-order valence-electron chi connectivity index (χ2n) is 5.14. The van der Waals surface area contributed by atoms with E-state index in [0.29, 0.717) is 17.3 Å². The van der Waals surface area contributed by atoms with Crippen LogP contribution in [0, 0.1) is 6.92 Å². The Morgan fingerprint density at radius 3 is 2.47 bits per heavy atom. The van der Waals surface area contributed by atoms with Crippen LogP contribution in [-0.2, 0) is 0 Å². The lowest BCUT2D eigenvalue weighted by Crippen LogP contribution is -2.19. The molecule has 1 saturated carbocycles. The molecule has 1 aromatic carbocycles. The van der Waals surface area contributed by atoms with Gasteiger partial charge in [-0.3, -0.25) is 4.79 Å². The molecule has 1 aromatic heterocycles. The van der Waals surface area contributed by atoms with Gasteiger partial charge >= 0.3 is 0 Å². The van der Waals surface area contributed by atoms with Crippen molar-refractivity contribution in [3.63, 3.8) is 0 Å². The number of nitrogens with one attached hydrogen (secondary N) is 1. The molecule has 0 bridgehead atoms. The summed E-state index contributed by atoms with van der Waals surface area (Å²) in [6, 6.07) is 7.47. The first kappa shape index (κ1) is 12.0. The van der Waals surface area contributed by atoms with Crippen molar-refractivity contribution in [3.8, 4) is 17.0 Å². The Hall–Kier alpha value is -2.10. The van der Waals surface area contributed by atoms with E-state index < -0.39 is 0 Å². The van der Waals surface area contributed by atoms with Gasteiger partial charge in [-0.25, -0.2) is 0 Å². The van der Waals surface area contributed by atoms with Gasteiger partial charge in [-0.15, -0.1) is 0 Å². The standard InChI is InChI=1S/C15H16N2O2/c1-9-5-7-10(8-6-9)12-14(18)16-13(17-15(12)19)11-3-2-4-11/h5-8,11H,2-4H2,1H3,(H2,16,17,18,19). The van der Waals surface area contributed by atoms with Crippen molar-refractivity contribution in [2.45, 2.75) is 32.1 Å². The first-order valence-corrected chi connectivity index (χ1v) is 6.55. The molecule has 2 N–H and O–H groups in total. The highest BCUT2D eigenvalue weighted by atomic mass is 16.3. The highest BCUT2D eigenvalue weighted by molar-refractivity contribution is 5.67. The first-order valence-electron chi connectivity index (χ1n) is 6.55.